The van der Waals surface area contributed by atoms with E-state index in [4.69, 9.17) is 0 Å². The number of carbonyl (C=O) groups is 1. The summed E-state index contributed by atoms with van der Waals surface area (Å²) in [6.07, 6.45) is -4.40. The lowest BCUT2D eigenvalue weighted by atomic mass is 10.1. The summed E-state index contributed by atoms with van der Waals surface area (Å²) in [5.41, 5.74) is -0.0813. The van der Waals surface area contributed by atoms with Crippen molar-refractivity contribution in [2.75, 3.05) is 19.6 Å². The molecule has 4 nitrogen and oxygen atoms in total. The fraction of sp³-hybridized carbons (Fsp3) is 0.375. The second-order valence-electron chi connectivity index (χ2n) is 5.67. The first-order chi connectivity index (χ1) is 11.4. The number of nitrogens with one attached hydrogen (secondary N) is 1. The Hall–Kier alpha value is -1.93. The van der Waals surface area contributed by atoms with Crippen LogP contribution in [0.3, 0.4) is 0 Å². The Balaban J connectivity index is 1.84. The molecule has 1 aliphatic heterocycles. The minimum absolute atomic E-state index is 0.0601. The molecule has 0 saturated carbocycles. The van der Waals surface area contributed by atoms with Crippen LogP contribution >= 0.6 is 11.3 Å². The molecule has 1 fully saturated rings. The van der Waals surface area contributed by atoms with E-state index >= 15 is 0 Å². The molecule has 3 rings (SSSR count). The summed E-state index contributed by atoms with van der Waals surface area (Å²) in [4.78, 5) is 18.5. The van der Waals surface area contributed by atoms with E-state index < -0.39 is 11.7 Å². The third-order valence-corrected chi connectivity index (χ3v) is 4.81. The highest BCUT2D eigenvalue weighted by Gasteiger charge is 2.31. The summed E-state index contributed by atoms with van der Waals surface area (Å²) in [5.74, 6) is -0.182. The Labute approximate surface area is 141 Å². The molecule has 1 amide bonds. The Morgan fingerprint density at radius 2 is 2.21 bits per heavy atom. The Bertz CT molecular complexity index is 744. The molecule has 2 heterocycles. The summed E-state index contributed by atoms with van der Waals surface area (Å²) in [6.45, 7) is 3.98. The van der Waals surface area contributed by atoms with Crippen LogP contribution in [0.15, 0.2) is 29.6 Å². The number of halogens is 3. The van der Waals surface area contributed by atoms with E-state index in [-0.39, 0.29) is 17.6 Å². The highest BCUT2D eigenvalue weighted by Crippen LogP contribution is 2.33. The van der Waals surface area contributed by atoms with E-state index in [1.165, 1.54) is 17.4 Å². The fourth-order valence-electron chi connectivity index (χ4n) is 2.62. The maximum absolute atomic E-state index is 12.8. The minimum Gasteiger partial charge on any atom is -0.332 e. The van der Waals surface area contributed by atoms with Gasteiger partial charge in [0, 0.05) is 36.6 Å². The number of piperazine rings is 1. The lowest BCUT2D eigenvalue weighted by Crippen LogP contribution is -2.52. The van der Waals surface area contributed by atoms with Crippen molar-refractivity contribution in [2.24, 2.45) is 0 Å². The third-order valence-electron chi connectivity index (χ3n) is 3.92. The molecule has 1 atom stereocenters. The molecule has 8 heteroatoms. The summed E-state index contributed by atoms with van der Waals surface area (Å²) in [5, 5.41) is 5.22. The zero-order valence-electron chi connectivity index (χ0n) is 12.9. The first-order valence-corrected chi connectivity index (χ1v) is 8.39. The van der Waals surface area contributed by atoms with Gasteiger partial charge in [0.25, 0.3) is 5.91 Å². The fourth-order valence-corrected chi connectivity index (χ4v) is 3.41. The van der Waals surface area contributed by atoms with Crippen molar-refractivity contribution in [3.63, 3.8) is 0 Å². The molecule has 2 aromatic rings. The second-order valence-corrected chi connectivity index (χ2v) is 6.53. The highest BCUT2D eigenvalue weighted by atomic mass is 32.1. The summed E-state index contributed by atoms with van der Waals surface area (Å²) in [6, 6.07) is 5.05. The van der Waals surface area contributed by atoms with Crippen LogP contribution in [-0.2, 0) is 6.18 Å². The molecule has 0 radical (unpaired) electrons. The predicted molar refractivity (Wildman–Crippen MR) is 85.9 cm³/mol. The van der Waals surface area contributed by atoms with Gasteiger partial charge in [-0.2, -0.15) is 13.2 Å². The smallest absolute Gasteiger partial charge is 0.332 e. The third kappa shape index (κ3) is 3.44. The SMILES string of the molecule is CC1CNCCN1C(=O)c1csc(-c2cccc(C(F)(F)F)c2)n1. The molecular formula is C16H16F3N3OS. The Morgan fingerprint density at radius 3 is 2.92 bits per heavy atom. The molecule has 128 valence electrons. The van der Waals surface area contributed by atoms with Crippen molar-refractivity contribution in [3.05, 3.63) is 40.9 Å². The number of rotatable bonds is 2. The number of amides is 1. The quantitative estimate of drug-likeness (QED) is 0.899. The average Bonchev–Trinajstić information content (AvgIpc) is 3.04. The molecule has 1 unspecified atom stereocenters. The average molecular weight is 355 g/mol. The Morgan fingerprint density at radius 1 is 1.42 bits per heavy atom. The largest absolute Gasteiger partial charge is 0.416 e. The number of hydrogen-bond acceptors (Lipinski definition) is 4. The standard InChI is InChI=1S/C16H16F3N3OS/c1-10-8-20-5-6-22(10)15(23)13-9-24-14(21-13)11-3-2-4-12(7-11)16(17,18)19/h2-4,7,9-10,20H,5-6,8H2,1H3. The minimum atomic E-state index is -4.40. The molecule has 1 aromatic carbocycles. The molecule has 0 bridgehead atoms. The predicted octanol–water partition coefficient (Wildman–Crippen LogP) is 3.26. The summed E-state index contributed by atoms with van der Waals surface area (Å²) >= 11 is 1.17. The molecule has 0 spiro atoms. The van der Waals surface area contributed by atoms with Crippen molar-refractivity contribution < 1.29 is 18.0 Å². The van der Waals surface area contributed by atoms with Gasteiger partial charge in [-0.25, -0.2) is 4.98 Å². The molecule has 1 aromatic heterocycles. The van der Waals surface area contributed by atoms with E-state index in [1.807, 2.05) is 6.92 Å². The number of thiazole rings is 1. The van der Waals surface area contributed by atoms with Crippen molar-refractivity contribution in [1.29, 1.82) is 0 Å². The van der Waals surface area contributed by atoms with E-state index in [2.05, 4.69) is 10.3 Å². The van der Waals surface area contributed by atoms with Crippen LogP contribution in [0.4, 0.5) is 13.2 Å². The summed E-state index contributed by atoms with van der Waals surface area (Å²) < 4.78 is 38.5. The lowest BCUT2D eigenvalue weighted by molar-refractivity contribution is -0.137. The first kappa shape index (κ1) is 16.9. The van der Waals surface area contributed by atoms with Gasteiger partial charge in [0.05, 0.1) is 5.56 Å². The van der Waals surface area contributed by atoms with Gasteiger partial charge in [0.2, 0.25) is 0 Å². The number of aromatic nitrogens is 1. The second kappa shape index (κ2) is 6.52. The van der Waals surface area contributed by atoms with Crippen LogP contribution in [0.1, 0.15) is 23.0 Å². The van der Waals surface area contributed by atoms with Crippen molar-refractivity contribution in [3.8, 4) is 10.6 Å². The maximum atomic E-state index is 12.8. The zero-order valence-corrected chi connectivity index (χ0v) is 13.7. The van der Waals surface area contributed by atoms with Crippen LogP contribution in [0, 0.1) is 0 Å². The van der Waals surface area contributed by atoms with Crippen LogP contribution in [0.2, 0.25) is 0 Å². The maximum Gasteiger partial charge on any atom is 0.416 e. The topological polar surface area (TPSA) is 45.2 Å². The molecule has 1 aliphatic rings. The van der Waals surface area contributed by atoms with Crippen LogP contribution in [0.5, 0.6) is 0 Å². The monoisotopic (exact) mass is 355 g/mol. The summed E-state index contributed by atoms with van der Waals surface area (Å²) in [7, 11) is 0. The Kier molecular flexibility index (Phi) is 4.60. The molecule has 24 heavy (non-hydrogen) atoms. The van der Waals surface area contributed by atoms with Gasteiger partial charge >= 0.3 is 6.18 Å². The van der Waals surface area contributed by atoms with Crippen LogP contribution in [-0.4, -0.2) is 41.5 Å². The van der Waals surface area contributed by atoms with Gasteiger partial charge in [0.1, 0.15) is 10.7 Å². The molecule has 1 N–H and O–H groups in total. The normalized spacial score (nSPS) is 18.7. The van der Waals surface area contributed by atoms with Crippen molar-refractivity contribution in [1.82, 2.24) is 15.2 Å². The molecular weight excluding hydrogens is 339 g/mol. The zero-order chi connectivity index (χ0) is 17.3. The van der Waals surface area contributed by atoms with Gasteiger partial charge in [-0.3, -0.25) is 4.79 Å². The number of carbonyl (C=O) groups excluding carboxylic acids is 1. The molecule has 1 saturated heterocycles. The number of nitrogens with zero attached hydrogens (tertiary/aromatic N) is 2. The van der Waals surface area contributed by atoms with Gasteiger partial charge in [-0.05, 0) is 19.1 Å². The highest BCUT2D eigenvalue weighted by molar-refractivity contribution is 7.13. The number of benzene rings is 1. The van der Waals surface area contributed by atoms with Gasteiger partial charge in [-0.15, -0.1) is 11.3 Å². The van der Waals surface area contributed by atoms with Crippen LogP contribution in [0.25, 0.3) is 10.6 Å². The lowest BCUT2D eigenvalue weighted by Gasteiger charge is -2.33. The first-order valence-electron chi connectivity index (χ1n) is 7.51. The van der Waals surface area contributed by atoms with E-state index in [9.17, 15) is 18.0 Å². The number of hydrogen-bond donors (Lipinski definition) is 1. The van der Waals surface area contributed by atoms with E-state index in [1.54, 1.807) is 16.3 Å². The number of alkyl halides is 3. The van der Waals surface area contributed by atoms with E-state index in [0.29, 0.717) is 17.1 Å². The van der Waals surface area contributed by atoms with Gasteiger partial charge < -0.3 is 10.2 Å². The van der Waals surface area contributed by atoms with Crippen molar-refractivity contribution >= 4 is 17.2 Å². The molecule has 0 aliphatic carbocycles. The van der Waals surface area contributed by atoms with E-state index in [0.717, 1.165) is 25.2 Å². The van der Waals surface area contributed by atoms with Crippen LogP contribution < -0.4 is 5.32 Å². The van der Waals surface area contributed by atoms with Gasteiger partial charge in [0.15, 0.2) is 0 Å². The van der Waals surface area contributed by atoms with Gasteiger partial charge in [-0.1, -0.05) is 12.1 Å². The van der Waals surface area contributed by atoms with Crippen molar-refractivity contribution in [2.45, 2.75) is 19.1 Å².